The minimum absolute atomic E-state index is 0.0319. The van der Waals surface area contributed by atoms with Gasteiger partial charge in [-0.25, -0.2) is 0 Å². The van der Waals surface area contributed by atoms with Gasteiger partial charge in [0, 0.05) is 10.8 Å². The fourth-order valence-electron chi connectivity index (χ4n) is 1.63. The first-order chi connectivity index (χ1) is 7.54. The van der Waals surface area contributed by atoms with Crippen LogP contribution in [0.2, 0.25) is 6.55 Å². The summed E-state index contributed by atoms with van der Waals surface area (Å²) in [6, 6.07) is 0. The summed E-state index contributed by atoms with van der Waals surface area (Å²) in [5, 5.41) is 19.4. The van der Waals surface area contributed by atoms with Gasteiger partial charge < -0.3 is 10.2 Å². The molecule has 0 radical (unpaired) electrons. The van der Waals surface area contributed by atoms with Crippen LogP contribution in [0.1, 0.15) is 46.0 Å². The van der Waals surface area contributed by atoms with Crippen LogP contribution >= 0.6 is 12.6 Å². The largest absolute Gasteiger partial charge is 0.518 e. The molecule has 2 nitrogen and oxygen atoms in total. The number of aliphatic hydroxyl groups is 2. The molecule has 4 heteroatoms. The predicted octanol–water partition coefficient (Wildman–Crippen LogP) is 2.63. The van der Waals surface area contributed by atoms with E-state index in [2.05, 4.69) is 26.1 Å². The maximum Gasteiger partial charge on any atom is 0.0703 e. The molecule has 0 saturated carbocycles. The van der Waals surface area contributed by atoms with Crippen LogP contribution in [0.5, 0.6) is 0 Å². The topological polar surface area (TPSA) is 40.5 Å². The van der Waals surface area contributed by atoms with Gasteiger partial charge >= 0.3 is 0 Å². The van der Waals surface area contributed by atoms with E-state index >= 15 is 0 Å². The van der Waals surface area contributed by atoms with Gasteiger partial charge in [-0.1, -0.05) is 46.1 Å². The van der Waals surface area contributed by atoms with E-state index < -0.39 is 8.41 Å². The van der Waals surface area contributed by atoms with E-state index in [1.54, 1.807) is 0 Å². The quantitative estimate of drug-likeness (QED) is 0.357. The summed E-state index contributed by atoms with van der Waals surface area (Å²) in [6.45, 7) is 6.19. The zero-order valence-corrected chi connectivity index (χ0v) is 12.6. The fourth-order valence-corrected chi connectivity index (χ4v) is 4.05. The van der Waals surface area contributed by atoms with Gasteiger partial charge in [0.25, 0.3) is 0 Å². The Balaban J connectivity index is 4.10. The Morgan fingerprint density at radius 2 is 1.94 bits per heavy atom. The number of hydrogen-bond acceptors (Lipinski definition) is 3. The van der Waals surface area contributed by atoms with Gasteiger partial charge in [-0.15, -0.1) is 0 Å². The lowest BCUT2D eigenvalue weighted by Gasteiger charge is -2.16. The molecule has 0 aliphatic carbocycles. The van der Waals surface area contributed by atoms with E-state index in [0.29, 0.717) is 10.2 Å². The minimum Gasteiger partial charge on any atom is -0.518 e. The zero-order chi connectivity index (χ0) is 12.6. The normalized spacial score (nSPS) is 16.8. The number of thiol groups is 1. The van der Waals surface area contributed by atoms with Crippen LogP contribution in [0.3, 0.4) is 0 Å². The fraction of sp³-hybridized carbons (Fsp3) is 0.917. The minimum atomic E-state index is -0.967. The molecular formula is C12H26O2SSi. The van der Waals surface area contributed by atoms with Crippen molar-refractivity contribution in [2.45, 2.75) is 57.4 Å². The van der Waals surface area contributed by atoms with Crippen molar-refractivity contribution in [2.75, 3.05) is 6.61 Å². The SMILES string of the molecule is CCCCCCC(S)/[Si](C)=C(/O)C(C)CO. The molecule has 0 aliphatic rings. The summed E-state index contributed by atoms with van der Waals surface area (Å²) in [5.41, 5.74) is 0. The molecule has 2 unspecified atom stereocenters. The lowest BCUT2D eigenvalue weighted by molar-refractivity contribution is 0.259. The molecule has 96 valence electrons. The molecule has 0 aromatic rings. The molecule has 0 aromatic heterocycles. The second-order valence-electron chi connectivity index (χ2n) is 4.52. The first kappa shape index (κ1) is 16.2. The van der Waals surface area contributed by atoms with Crippen LogP contribution in [-0.4, -0.2) is 35.5 Å². The summed E-state index contributed by atoms with van der Waals surface area (Å²) < 4.78 is 0. The van der Waals surface area contributed by atoms with E-state index in [1.165, 1.54) is 25.7 Å². The molecule has 16 heavy (non-hydrogen) atoms. The van der Waals surface area contributed by atoms with E-state index in [-0.39, 0.29) is 12.5 Å². The van der Waals surface area contributed by atoms with Crippen molar-refractivity contribution in [1.29, 1.82) is 0 Å². The smallest absolute Gasteiger partial charge is 0.0703 e. The highest BCUT2D eigenvalue weighted by atomic mass is 32.1. The monoisotopic (exact) mass is 262 g/mol. The number of unbranched alkanes of at least 4 members (excludes halogenated alkanes) is 3. The first-order valence-corrected chi connectivity index (χ1v) is 8.82. The highest BCUT2D eigenvalue weighted by Crippen LogP contribution is 2.11. The molecule has 0 aliphatic heterocycles. The molecule has 0 spiro atoms. The molecule has 0 heterocycles. The summed E-state index contributed by atoms with van der Waals surface area (Å²) in [6.07, 6.45) is 6.08. The summed E-state index contributed by atoms with van der Waals surface area (Å²) >= 11 is 4.58. The third-order valence-electron chi connectivity index (χ3n) is 2.98. The highest BCUT2D eigenvalue weighted by Gasteiger charge is 2.15. The molecule has 0 bridgehead atoms. The molecule has 0 amide bonds. The van der Waals surface area contributed by atoms with Gasteiger partial charge in [0.05, 0.1) is 20.4 Å². The van der Waals surface area contributed by atoms with Gasteiger partial charge in [-0.2, -0.15) is 12.6 Å². The van der Waals surface area contributed by atoms with E-state index in [9.17, 15) is 5.11 Å². The highest BCUT2D eigenvalue weighted by molar-refractivity contribution is 7.82. The Labute approximate surface area is 107 Å². The van der Waals surface area contributed by atoms with Crippen molar-refractivity contribution in [1.82, 2.24) is 0 Å². The van der Waals surface area contributed by atoms with Crippen molar-refractivity contribution < 1.29 is 10.2 Å². The Hall–Kier alpha value is 0.197. The maximum absolute atomic E-state index is 9.91. The Morgan fingerprint density at radius 3 is 2.44 bits per heavy atom. The van der Waals surface area contributed by atoms with Gasteiger partial charge in [-0.05, 0) is 6.42 Å². The lowest BCUT2D eigenvalue weighted by atomic mass is 10.2. The second kappa shape index (κ2) is 9.25. The number of hydrogen-bond donors (Lipinski definition) is 3. The summed E-state index contributed by atoms with van der Waals surface area (Å²) in [7, 11) is -0.967. The molecule has 0 saturated heterocycles. The van der Waals surface area contributed by atoms with Crippen LogP contribution < -0.4 is 0 Å². The van der Waals surface area contributed by atoms with Crippen molar-refractivity contribution >= 4 is 26.4 Å². The van der Waals surface area contributed by atoms with Gasteiger partial charge in [0.1, 0.15) is 0 Å². The van der Waals surface area contributed by atoms with Crippen LogP contribution in [-0.2, 0) is 0 Å². The third kappa shape index (κ3) is 6.06. The Bertz CT molecular complexity index is 219. The van der Waals surface area contributed by atoms with Gasteiger partial charge in [0.2, 0.25) is 0 Å². The van der Waals surface area contributed by atoms with Crippen molar-refractivity contribution in [3.63, 3.8) is 0 Å². The van der Waals surface area contributed by atoms with Crippen molar-refractivity contribution in [3.8, 4) is 0 Å². The summed E-state index contributed by atoms with van der Waals surface area (Å²) in [4.78, 5) is 0.302. The van der Waals surface area contributed by atoms with Gasteiger partial charge in [-0.3, -0.25) is 0 Å². The molecular weight excluding hydrogens is 236 g/mol. The lowest BCUT2D eigenvalue weighted by Crippen LogP contribution is -2.29. The van der Waals surface area contributed by atoms with Crippen molar-refractivity contribution in [3.05, 3.63) is 0 Å². The third-order valence-corrected chi connectivity index (χ3v) is 6.98. The standard InChI is InChI=1S/C12H26O2SSi/c1-4-5-6-7-8-11(15)16(3)12(14)10(2)9-13/h10-11,13-15H,4-9H2,1-3H3/b16-12+. The van der Waals surface area contributed by atoms with Gasteiger partial charge in [0.15, 0.2) is 0 Å². The number of rotatable bonds is 8. The maximum atomic E-state index is 9.91. The van der Waals surface area contributed by atoms with Crippen LogP contribution in [0.15, 0.2) is 0 Å². The van der Waals surface area contributed by atoms with E-state index in [4.69, 9.17) is 5.11 Å². The molecule has 0 fully saturated rings. The first-order valence-electron chi connectivity index (χ1n) is 6.23. The molecule has 0 aromatic carbocycles. The Morgan fingerprint density at radius 1 is 1.31 bits per heavy atom. The van der Waals surface area contributed by atoms with Crippen LogP contribution in [0.4, 0.5) is 0 Å². The zero-order valence-electron chi connectivity index (χ0n) is 10.7. The second-order valence-corrected chi connectivity index (χ2v) is 8.20. The van der Waals surface area contributed by atoms with Crippen LogP contribution in [0, 0.1) is 5.92 Å². The molecule has 2 N–H and O–H groups in total. The Kier molecular flexibility index (Phi) is 9.36. The average Bonchev–Trinajstić information content (AvgIpc) is 2.31. The predicted molar refractivity (Wildman–Crippen MR) is 76.3 cm³/mol. The molecule has 2 atom stereocenters. The van der Waals surface area contributed by atoms with Crippen molar-refractivity contribution in [2.24, 2.45) is 5.92 Å². The average molecular weight is 262 g/mol. The molecule has 0 rings (SSSR count). The summed E-state index contributed by atoms with van der Waals surface area (Å²) in [5.74, 6) is -0.0934. The number of aliphatic hydroxyl groups excluding tert-OH is 2. The van der Waals surface area contributed by atoms with E-state index in [0.717, 1.165) is 6.42 Å². The van der Waals surface area contributed by atoms with Crippen LogP contribution in [0.25, 0.3) is 0 Å². The van der Waals surface area contributed by atoms with E-state index in [1.807, 2.05) is 6.92 Å².